The lowest BCUT2D eigenvalue weighted by molar-refractivity contribution is -0.136. The predicted molar refractivity (Wildman–Crippen MR) is 52.4 cm³/mol. The van der Waals surface area contributed by atoms with Crippen LogP contribution in [0.2, 0.25) is 0 Å². The highest BCUT2D eigenvalue weighted by atomic mass is 16.7. The third-order valence-corrected chi connectivity index (χ3v) is 2.21. The molecule has 1 amide bonds. The van der Waals surface area contributed by atoms with Gasteiger partial charge >= 0.3 is 5.97 Å². The Morgan fingerprint density at radius 3 is 2.62 bits per heavy atom. The molecule has 1 aromatic carbocycles. The fourth-order valence-electron chi connectivity index (χ4n) is 1.55. The van der Waals surface area contributed by atoms with Crippen molar-refractivity contribution in [3.8, 4) is 11.5 Å². The Kier molecular flexibility index (Phi) is 2.40. The first-order chi connectivity index (χ1) is 7.59. The molecule has 0 spiro atoms. The first kappa shape index (κ1) is 10.3. The third kappa shape index (κ3) is 1.65. The summed E-state index contributed by atoms with van der Waals surface area (Å²) in [6.45, 7) is -0.0355. The van der Waals surface area contributed by atoms with Gasteiger partial charge in [-0.25, -0.2) is 0 Å². The fourth-order valence-corrected chi connectivity index (χ4v) is 1.55. The van der Waals surface area contributed by atoms with Crippen LogP contribution in [-0.2, 0) is 11.2 Å². The van der Waals surface area contributed by atoms with Crippen molar-refractivity contribution in [1.82, 2.24) is 0 Å². The summed E-state index contributed by atoms with van der Waals surface area (Å²) in [7, 11) is 0. The van der Waals surface area contributed by atoms with Crippen LogP contribution in [0.3, 0.4) is 0 Å². The topological polar surface area (TPSA) is 98.9 Å². The van der Waals surface area contributed by atoms with E-state index in [1.165, 1.54) is 12.1 Å². The molecule has 1 aliphatic heterocycles. The lowest BCUT2D eigenvalue weighted by Gasteiger charge is -2.05. The highest BCUT2D eigenvalue weighted by Gasteiger charge is 2.24. The van der Waals surface area contributed by atoms with Crippen LogP contribution in [0.15, 0.2) is 12.1 Å². The van der Waals surface area contributed by atoms with E-state index in [0.717, 1.165) is 0 Å². The summed E-state index contributed by atoms with van der Waals surface area (Å²) in [6.07, 6.45) is -0.190. The fraction of sp³-hybridized carbons (Fsp3) is 0.200. The second kappa shape index (κ2) is 3.73. The molecule has 84 valence electrons. The Labute approximate surface area is 90.6 Å². The van der Waals surface area contributed by atoms with Crippen molar-refractivity contribution in [1.29, 1.82) is 0 Å². The van der Waals surface area contributed by atoms with Crippen LogP contribution in [0, 0.1) is 0 Å². The van der Waals surface area contributed by atoms with Gasteiger partial charge in [-0.2, -0.15) is 0 Å². The van der Waals surface area contributed by atoms with Crippen LogP contribution in [0.1, 0.15) is 15.9 Å². The normalized spacial score (nSPS) is 12.5. The van der Waals surface area contributed by atoms with Crippen molar-refractivity contribution >= 4 is 11.9 Å². The van der Waals surface area contributed by atoms with Gasteiger partial charge in [-0.1, -0.05) is 6.07 Å². The highest BCUT2D eigenvalue weighted by molar-refractivity contribution is 5.97. The largest absolute Gasteiger partial charge is 0.481 e. The van der Waals surface area contributed by atoms with Gasteiger partial charge in [-0.3, -0.25) is 9.59 Å². The number of carboxylic acids is 1. The van der Waals surface area contributed by atoms with Crippen molar-refractivity contribution in [2.75, 3.05) is 6.79 Å². The zero-order valence-electron chi connectivity index (χ0n) is 8.23. The maximum atomic E-state index is 11.1. The molecule has 6 nitrogen and oxygen atoms in total. The standard InChI is InChI=1S/C10H9NO5/c11-10(14)6-2-1-5(3-7(12)13)8-9(6)16-4-15-8/h1-2H,3-4H2,(H2,11,14)(H,12,13). The van der Waals surface area contributed by atoms with Gasteiger partial charge in [0.2, 0.25) is 6.79 Å². The van der Waals surface area contributed by atoms with E-state index in [9.17, 15) is 9.59 Å². The molecule has 1 aliphatic rings. The average Bonchev–Trinajstić information content (AvgIpc) is 2.65. The van der Waals surface area contributed by atoms with E-state index in [1.807, 2.05) is 0 Å². The number of carbonyl (C=O) groups is 2. The maximum absolute atomic E-state index is 11.1. The van der Waals surface area contributed by atoms with Gasteiger partial charge in [0, 0.05) is 5.56 Å². The number of primary amides is 1. The van der Waals surface area contributed by atoms with Crippen molar-refractivity contribution in [3.63, 3.8) is 0 Å². The molecule has 0 aliphatic carbocycles. The van der Waals surface area contributed by atoms with E-state index < -0.39 is 11.9 Å². The summed E-state index contributed by atoms with van der Waals surface area (Å²) in [5, 5.41) is 8.69. The van der Waals surface area contributed by atoms with Crippen molar-refractivity contribution in [3.05, 3.63) is 23.3 Å². The van der Waals surface area contributed by atoms with Gasteiger partial charge in [-0.15, -0.1) is 0 Å². The highest BCUT2D eigenvalue weighted by Crippen LogP contribution is 2.38. The molecule has 0 bridgehead atoms. The Bertz CT molecular complexity index is 469. The van der Waals surface area contributed by atoms with Crippen LogP contribution in [0.5, 0.6) is 11.5 Å². The summed E-state index contributed by atoms with van der Waals surface area (Å²) >= 11 is 0. The van der Waals surface area contributed by atoms with Gasteiger partial charge in [0.1, 0.15) is 0 Å². The SMILES string of the molecule is NC(=O)c1ccc(CC(=O)O)c2c1OCO2. The van der Waals surface area contributed by atoms with Gasteiger partial charge < -0.3 is 20.3 Å². The molecule has 0 unspecified atom stereocenters. The van der Waals surface area contributed by atoms with Gasteiger partial charge in [0.15, 0.2) is 11.5 Å². The summed E-state index contributed by atoms with van der Waals surface area (Å²) < 4.78 is 10.2. The quantitative estimate of drug-likeness (QED) is 0.759. The van der Waals surface area contributed by atoms with E-state index in [4.69, 9.17) is 20.3 Å². The zero-order chi connectivity index (χ0) is 11.7. The summed E-state index contributed by atoms with van der Waals surface area (Å²) in [4.78, 5) is 21.7. The van der Waals surface area contributed by atoms with Crippen LogP contribution in [0.25, 0.3) is 0 Å². The van der Waals surface area contributed by atoms with E-state index >= 15 is 0 Å². The van der Waals surface area contributed by atoms with E-state index in [2.05, 4.69) is 0 Å². The van der Waals surface area contributed by atoms with Crippen LogP contribution >= 0.6 is 0 Å². The molecule has 6 heteroatoms. The van der Waals surface area contributed by atoms with E-state index in [1.54, 1.807) is 0 Å². The van der Waals surface area contributed by atoms with Crippen molar-refractivity contribution in [2.24, 2.45) is 5.73 Å². The van der Waals surface area contributed by atoms with Gasteiger partial charge in [-0.05, 0) is 6.07 Å². The van der Waals surface area contributed by atoms with Crippen molar-refractivity contribution in [2.45, 2.75) is 6.42 Å². The lowest BCUT2D eigenvalue weighted by atomic mass is 10.1. The summed E-state index contributed by atoms with van der Waals surface area (Å²) in [5.74, 6) is -1.10. The predicted octanol–water partition coefficient (Wildman–Crippen LogP) is 0.141. The smallest absolute Gasteiger partial charge is 0.307 e. The minimum absolute atomic E-state index is 0.0355. The molecule has 2 rings (SSSR count). The van der Waals surface area contributed by atoms with Crippen molar-refractivity contribution < 1.29 is 24.2 Å². The summed E-state index contributed by atoms with van der Waals surface area (Å²) in [5.41, 5.74) is 5.81. The van der Waals surface area contributed by atoms with Gasteiger partial charge in [0.25, 0.3) is 5.91 Å². The number of hydrogen-bond donors (Lipinski definition) is 2. The number of carboxylic acid groups (broad SMARTS) is 1. The molecule has 0 saturated carbocycles. The molecule has 1 heterocycles. The Morgan fingerprint density at radius 2 is 2.00 bits per heavy atom. The summed E-state index contributed by atoms with van der Waals surface area (Å²) in [6, 6.07) is 2.94. The minimum Gasteiger partial charge on any atom is -0.481 e. The molecule has 0 aromatic heterocycles. The molecule has 0 fully saturated rings. The Hall–Kier alpha value is -2.24. The second-order valence-corrected chi connectivity index (χ2v) is 3.27. The molecule has 1 aromatic rings. The maximum Gasteiger partial charge on any atom is 0.307 e. The molecule has 0 atom stereocenters. The van der Waals surface area contributed by atoms with Crippen LogP contribution in [0.4, 0.5) is 0 Å². The number of benzene rings is 1. The molecule has 0 radical (unpaired) electrons. The first-order valence-corrected chi connectivity index (χ1v) is 4.52. The molecule has 16 heavy (non-hydrogen) atoms. The van der Waals surface area contributed by atoms with E-state index in [-0.39, 0.29) is 24.5 Å². The van der Waals surface area contributed by atoms with Crippen LogP contribution in [-0.4, -0.2) is 23.8 Å². The molecule has 0 saturated heterocycles. The number of rotatable bonds is 3. The Morgan fingerprint density at radius 1 is 1.31 bits per heavy atom. The number of nitrogens with two attached hydrogens (primary N) is 1. The molecular weight excluding hydrogens is 214 g/mol. The number of ether oxygens (including phenoxy) is 2. The molecular formula is C10H9NO5. The Balaban J connectivity index is 2.48. The van der Waals surface area contributed by atoms with Crippen LogP contribution < -0.4 is 15.2 Å². The third-order valence-electron chi connectivity index (χ3n) is 2.21. The minimum atomic E-state index is -0.982. The number of hydrogen-bond acceptors (Lipinski definition) is 4. The number of aliphatic carboxylic acids is 1. The number of amides is 1. The van der Waals surface area contributed by atoms with E-state index in [0.29, 0.717) is 11.3 Å². The first-order valence-electron chi connectivity index (χ1n) is 4.52. The number of carbonyl (C=O) groups excluding carboxylic acids is 1. The van der Waals surface area contributed by atoms with Gasteiger partial charge in [0.05, 0.1) is 12.0 Å². The second-order valence-electron chi connectivity index (χ2n) is 3.27. The monoisotopic (exact) mass is 223 g/mol. The number of fused-ring (bicyclic) bond motifs is 1. The molecule has 3 N–H and O–H groups in total. The average molecular weight is 223 g/mol. The zero-order valence-corrected chi connectivity index (χ0v) is 8.23. The lowest BCUT2D eigenvalue weighted by Crippen LogP contribution is -2.12.